The van der Waals surface area contributed by atoms with Gasteiger partial charge in [-0.1, -0.05) is 46.0 Å². The SMILES string of the molecule is CCCCCCC(C)OCCNCCOCCCC. The quantitative estimate of drug-likeness (QED) is 0.461. The molecule has 3 heteroatoms. The Balaban J connectivity index is 3.07. The summed E-state index contributed by atoms with van der Waals surface area (Å²) in [7, 11) is 0. The van der Waals surface area contributed by atoms with Crippen LogP contribution >= 0.6 is 0 Å². The lowest BCUT2D eigenvalue weighted by Gasteiger charge is -2.13. The van der Waals surface area contributed by atoms with Crippen LogP contribution in [0.3, 0.4) is 0 Å². The summed E-state index contributed by atoms with van der Waals surface area (Å²) in [6.07, 6.45) is 9.27. The average molecular weight is 273 g/mol. The van der Waals surface area contributed by atoms with E-state index in [1.807, 2.05) is 0 Å². The first kappa shape index (κ1) is 18.9. The number of rotatable bonds is 15. The van der Waals surface area contributed by atoms with Gasteiger partial charge in [0.25, 0.3) is 0 Å². The third-order valence-corrected chi connectivity index (χ3v) is 3.21. The highest BCUT2D eigenvalue weighted by molar-refractivity contribution is 4.53. The van der Waals surface area contributed by atoms with Crippen LogP contribution in [0.5, 0.6) is 0 Å². The molecule has 0 rings (SSSR count). The van der Waals surface area contributed by atoms with Crippen molar-refractivity contribution in [1.82, 2.24) is 5.32 Å². The van der Waals surface area contributed by atoms with Crippen LogP contribution in [0.2, 0.25) is 0 Å². The lowest BCUT2D eigenvalue weighted by atomic mass is 10.1. The highest BCUT2D eigenvalue weighted by atomic mass is 16.5. The Bertz CT molecular complexity index is 165. The zero-order valence-electron chi connectivity index (χ0n) is 13.4. The Labute approximate surface area is 120 Å². The first-order chi connectivity index (χ1) is 9.31. The first-order valence-corrected chi connectivity index (χ1v) is 8.21. The van der Waals surface area contributed by atoms with Crippen LogP contribution in [0.15, 0.2) is 0 Å². The van der Waals surface area contributed by atoms with Crippen molar-refractivity contribution >= 4 is 0 Å². The van der Waals surface area contributed by atoms with Gasteiger partial charge in [-0.2, -0.15) is 0 Å². The summed E-state index contributed by atoms with van der Waals surface area (Å²) in [6.45, 7) is 11.0. The molecule has 0 aliphatic heterocycles. The van der Waals surface area contributed by atoms with Crippen LogP contribution in [0.25, 0.3) is 0 Å². The first-order valence-electron chi connectivity index (χ1n) is 8.21. The molecule has 0 bridgehead atoms. The second kappa shape index (κ2) is 15.9. The lowest BCUT2D eigenvalue weighted by Crippen LogP contribution is -2.25. The van der Waals surface area contributed by atoms with Crippen LogP contribution in [0.1, 0.15) is 65.7 Å². The Hall–Kier alpha value is -0.120. The summed E-state index contributed by atoms with van der Waals surface area (Å²) in [5.74, 6) is 0. The maximum atomic E-state index is 5.76. The molecule has 0 aliphatic rings. The van der Waals surface area contributed by atoms with Gasteiger partial charge in [-0.15, -0.1) is 0 Å². The molecule has 1 unspecified atom stereocenters. The van der Waals surface area contributed by atoms with E-state index in [9.17, 15) is 0 Å². The largest absolute Gasteiger partial charge is 0.380 e. The Morgan fingerprint density at radius 1 is 0.842 bits per heavy atom. The molecule has 3 nitrogen and oxygen atoms in total. The van der Waals surface area contributed by atoms with Crippen molar-refractivity contribution < 1.29 is 9.47 Å². The summed E-state index contributed by atoms with van der Waals surface area (Å²) in [4.78, 5) is 0. The predicted molar refractivity (Wildman–Crippen MR) is 82.8 cm³/mol. The van der Waals surface area contributed by atoms with E-state index < -0.39 is 0 Å². The van der Waals surface area contributed by atoms with E-state index >= 15 is 0 Å². The second-order valence-corrected chi connectivity index (χ2v) is 5.25. The highest BCUT2D eigenvalue weighted by Gasteiger charge is 2.01. The van der Waals surface area contributed by atoms with Crippen molar-refractivity contribution in [3.8, 4) is 0 Å². The van der Waals surface area contributed by atoms with E-state index in [1.165, 1.54) is 44.9 Å². The fourth-order valence-corrected chi connectivity index (χ4v) is 1.89. The summed E-state index contributed by atoms with van der Waals surface area (Å²) in [6, 6.07) is 0. The molecule has 1 atom stereocenters. The normalized spacial score (nSPS) is 12.8. The fourth-order valence-electron chi connectivity index (χ4n) is 1.89. The van der Waals surface area contributed by atoms with Crippen molar-refractivity contribution in [3.05, 3.63) is 0 Å². The number of unbranched alkanes of at least 4 members (excludes halogenated alkanes) is 4. The van der Waals surface area contributed by atoms with Crippen LogP contribution in [0, 0.1) is 0 Å². The molecule has 0 aliphatic carbocycles. The highest BCUT2D eigenvalue weighted by Crippen LogP contribution is 2.07. The van der Waals surface area contributed by atoms with E-state index in [4.69, 9.17) is 9.47 Å². The van der Waals surface area contributed by atoms with Crippen LogP contribution < -0.4 is 5.32 Å². The molecule has 0 amide bonds. The molecule has 19 heavy (non-hydrogen) atoms. The molecule has 0 heterocycles. The van der Waals surface area contributed by atoms with E-state index in [-0.39, 0.29) is 0 Å². The van der Waals surface area contributed by atoms with Crippen LogP contribution in [0.4, 0.5) is 0 Å². The molecule has 0 radical (unpaired) electrons. The minimum atomic E-state index is 0.402. The van der Waals surface area contributed by atoms with E-state index in [0.29, 0.717) is 6.10 Å². The molecule has 0 aromatic carbocycles. The summed E-state index contributed by atoms with van der Waals surface area (Å²) >= 11 is 0. The van der Waals surface area contributed by atoms with Crippen molar-refractivity contribution in [2.45, 2.75) is 71.8 Å². The summed E-state index contributed by atoms with van der Waals surface area (Å²) in [5.41, 5.74) is 0. The number of hydrogen-bond donors (Lipinski definition) is 1. The van der Waals surface area contributed by atoms with Crippen molar-refractivity contribution in [1.29, 1.82) is 0 Å². The van der Waals surface area contributed by atoms with Crippen molar-refractivity contribution in [2.24, 2.45) is 0 Å². The van der Waals surface area contributed by atoms with E-state index in [0.717, 1.165) is 32.9 Å². The molecule has 0 aromatic rings. The van der Waals surface area contributed by atoms with Gasteiger partial charge < -0.3 is 14.8 Å². The number of ether oxygens (including phenoxy) is 2. The van der Waals surface area contributed by atoms with Crippen molar-refractivity contribution in [3.63, 3.8) is 0 Å². The molecule has 0 saturated heterocycles. The predicted octanol–water partition coefficient (Wildman–Crippen LogP) is 3.77. The maximum absolute atomic E-state index is 5.76. The average Bonchev–Trinajstić information content (AvgIpc) is 2.42. The molecule has 1 N–H and O–H groups in total. The molecule has 0 saturated carbocycles. The second-order valence-electron chi connectivity index (χ2n) is 5.25. The smallest absolute Gasteiger partial charge is 0.0594 e. The maximum Gasteiger partial charge on any atom is 0.0594 e. The Morgan fingerprint density at radius 3 is 2.32 bits per heavy atom. The molecule has 0 fully saturated rings. The van der Waals surface area contributed by atoms with Gasteiger partial charge >= 0.3 is 0 Å². The van der Waals surface area contributed by atoms with Gasteiger partial charge in [-0.25, -0.2) is 0 Å². The zero-order valence-corrected chi connectivity index (χ0v) is 13.4. The minimum absolute atomic E-state index is 0.402. The van der Waals surface area contributed by atoms with Gasteiger partial charge in [0.05, 0.1) is 19.3 Å². The number of hydrogen-bond acceptors (Lipinski definition) is 3. The minimum Gasteiger partial charge on any atom is -0.380 e. The third kappa shape index (κ3) is 15.8. The Kier molecular flexibility index (Phi) is 15.8. The van der Waals surface area contributed by atoms with Crippen molar-refractivity contribution in [2.75, 3.05) is 32.9 Å². The van der Waals surface area contributed by atoms with Gasteiger partial charge in [0.2, 0.25) is 0 Å². The number of nitrogens with one attached hydrogen (secondary N) is 1. The van der Waals surface area contributed by atoms with Crippen LogP contribution in [-0.2, 0) is 9.47 Å². The van der Waals surface area contributed by atoms with Gasteiger partial charge in [0.15, 0.2) is 0 Å². The molecule has 116 valence electrons. The standard InChI is InChI=1S/C16H35NO2/c1-4-6-8-9-10-16(3)19-15-12-17-11-14-18-13-7-5-2/h16-17H,4-15H2,1-3H3. The van der Waals surface area contributed by atoms with Crippen LogP contribution in [-0.4, -0.2) is 39.0 Å². The topological polar surface area (TPSA) is 30.5 Å². The van der Waals surface area contributed by atoms with Gasteiger partial charge in [0.1, 0.15) is 0 Å². The molecule has 0 aromatic heterocycles. The Morgan fingerprint density at radius 2 is 1.58 bits per heavy atom. The monoisotopic (exact) mass is 273 g/mol. The molecular weight excluding hydrogens is 238 g/mol. The fraction of sp³-hybridized carbons (Fsp3) is 1.00. The molecular formula is C16H35NO2. The lowest BCUT2D eigenvalue weighted by molar-refractivity contribution is 0.0588. The summed E-state index contributed by atoms with van der Waals surface area (Å²) < 4.78 is 11.2. The third-order valence-electron chi connectivity index (χ3n) is 3.21. The van der Waals surface area contributed by atoms with E-state index in [1.54, 1.807) is 0 Å². The van der Waals surface area contributed by atoms with Gasteiger partial charge in [-0.3, -0.25) is 0 Å². The summed E-state index contributed by atoms with van der Waals surface area (Å²) in [5, 5.41) is 3.34. The van der Waals surface area contributed by atoms with Gasteiger partial charge in [-0.05, 0) is 19.8 Å². The van der Waals surface area contributed by atoms with E-state index in [2.05, 4.69) is 26.1 Å². The molecule has 0 spiro atoms. The zero-order chi connectivity index (χ0) is 14.2. The van der Waals surface area contributed by atoms with Gasteiger partial charge in [0, 0.05) is 19.7 Å².